The Kier molecular flexibility index (Phi) is 3.39. The number of methoxy groups -OCH3 is 1. The third-order valence-corrected chi connectivity index (χ3v) is 2.53. The largest absolute Gasteiger partial charge is 0.496 e. The zero-order chi connectivity index (χ0) is 12.3. The van der Waals surface area contributed by atoms with E-state index in [1.807, 2.05) is 12.1 Å². The van der Waals surface area contributed by atoms with Crippen LogP contribution in [0.1, 0.15) is 17.0 Å². The second-order valence-electron chi connectivity index (χ2n) is 3.88. The standard InChI is InChI=1S/C12H16N4O/c1-9-3-4-11(17-2)10(5-9)7-16-8-14-12(6-13)15-16/h3-5,8H,6-7,13H2,1-2H3. The van der Waals surface area contributed by atoms with Crippen molar-refractivity contribution in [2.24, 2.45) is 5.73 Å². The predicted molar refractivity (Wildman–Crippen MR) is 64.7 cm³/mol. The molecule has 2 N–H and O–H groups in total. The molecule has 0 fully saturated rings. The molecule has 1 aromatic heterocycles. The number of nitrogens with zero attached hydrogens (tertiary/aromatic N) is 3. The maximum atomic E-state index is 5.47. The average molecular weight is 232 g/mol. The summed E-state index contributed by atoms with van der Waals surface area (Å²) in [5, 5.41) is 4.25. The van der Waals surface area contributed by atoms with Gasteiger partial charge in [0.05, 0.1) is 20.2 Å². The van der Waals surface area contributed by atoms with Crippen LogP contribution < -0.4 is 10.5 Å². The highest BCUT2D eigenvalue weighted by molar-refractivity contribution is 5.36. The van der Waals surface area contributed by atoms with Crippen LogP contribution in [0.2, 0.25) is 0 Å². The quantitative estimate of drug-likeness (QED) is 0.857. The Labute approximate surface area is 100 Å². The molecule has 0 saturated carbocycles. The van der Waals surface area contributed by atoms with Crippen molar-refractivity contribution >= 4 is 0 Å². The lowest BCUT2D eigenvalue weighted by atomic mass is 10.1. The van der Waals surface area contributed by atoms with Crippen LogP contribution in [0.15, 0.2) is 24.5 Å². The van der Waals surface area contributed by atoms with Crippen LogP contribution in [-0.2, 0) is 13.1 Å². The summed E-state index contributed by atoms with van der Waals surface area (Å²) in [5.41, 5.74) is 7.75. The molecule has 2 aromatic rings. The number of hydrogen-bond donors (Lipinski definition) is 1. The first kappa shape index (κ1) is 11.6. The maximum Gasteiger partial charge on any atom is 0.164 e. The maximum absolute atomic E-state index is 5.47. The number of ether oxygens (including phenoxy) is 1. The number of aromatic nitrogens is 3. The van der Waals surface area contributed by atoms with Crippen molar-refractivity contribution in [3.05, 3.63) is 41.5 Å². The van der Waals surface area contributed by atoms with Crippen LogP contribution in [0.25, 0.3) is 0 Å². The minimum Gasteiger partial charge on any atom is -0.496 e. The van der Waals surface area contributed by atoms with Crippen LogP contribution in [0, 0.1) is 6.92 Å². The van der Waals surface area contributed by atoms with Crippen molar-refractivity contribution in [1.29, 1.82) is 0 Å². The van der Waals surface area contributed by atoms with Gasteiger partial charge in [0.2, 0.25) is 0 Å². The minimum absolute atomic E-state index is 0.359. The van der Waals surface area contributed by atoms with Gasteiger partial charge in [-0.15, -0.1) is 0 Å². The number of benzene rings is 1. The Morgan fingerprint density at radius 3 is 2.88 bits per heavy atom. The van der Waals surface area contributed by atoms with E-state index in [9.17, 15) is 0 Å². The van der Waals surface area contributed by atoms with Crippen molar-refractivity contribution in [1.82, 2.24) is 14.8 Å². The molecule has 5 heteroatoms. The zero-order valence-corrected chi connectivity index (χ0v) is 10.1. The summed E-state index contributed by atoms with van der Waals surface area (Å²) in [6.45, 7) is 3.05. The van der Waals surface area contributed by atoms with Gasteiger partial charge in [0, 0.05) is 5.56 Å². The lowest BCUT2D eigenvalue weighted by Crippen LogP contribution is -2.05. The molecular weight excluding hydrogens is 216 g/mol. The first-order valence-corrected chi connectivity index (χ1v) is 5.45. The second-order valence-corrected chi connectivity index (χ2v) is 3.88. The van der Waals surface area contributed by atoms with Gasteiger partial charge in [0.25, 0.3) is 0 Å². The molecule has 0 atom stereocenters. The molecule has 0 spiro atoms. The predicted octanol–water partition coefficient (Wildman–Crippen LogP) is 1.10. The summed E-state index contributed by atoms with van der Waals surface area (Å²) >= 11 is 0. The number of aryl methyl sites for hydroxylation is 1. The molecule has 1 heterocycles. The molecule has 2 rings (SSSR count). The lowest BCUT2D eigenvalue weighted by Gasteiger charge is -2.09. The van der Waals surface area contributed by atoms with Gasteiger partial charge in [-0.1, -0.05) is 17.7 Å². The Bertz CT molecular complexity index is 507. The molecule has 0 aliphatic heterocycles. The molecule has 0 unspecified atom stereocenters. The topological polar surface area (TPSA) is 66.0 Å². The van der Waals surface area contributed by atoms with Gasteiger partial charge < -0.3 is 10.5 Å². The highest BCUT2D eigenvalue weighted by Crippen LogP contribution is 2.20. The fourth-order valence-electron chi connectivity index (χ4n) is 1.71. The van der Waals surface area contributed by atoms with E-state index in [1.165, 1.54) is 5.56 Å². The smallest absolute Gasteiger partial charge is 0.164 e. The van der Waals surface area contributed by atoms with E-state index in [0.717, 1.165) is 11.3 Å². The summed E-state index contributed by atoms with van der Waals surface area (Å²) in [4.78, 5) is 4.09. The van der Waals surface area contributed by atoms with Crippen LogP contribution in [-0.4, -0.2) is 21.9 Å². The first-order valence-electron chi connectivity index (χ1n) is 5.45. The first-order chi connectivity index (χ1) is 8.22. The molecule has 0 aliphatic rings. The van der Waals surface area contributed by atoms with Crippen LogP contribution in [0.3, 0.4) is 0 Å². The van der Waals surface area contributed by atoms with Gasteiger partial charge in [0.1, 0.15) is 12.1 Å². The van der Waals surface area contributed by atoms with Crippen molar-refractivity contribution in [2.45, 2.75) is 20.0 Å². The van der Waals surface area contributed by atoms with Gasteiger partial charge in [-0.3, -0.25) is 0 Å². The molecule has 5 nitrogen and oxygen atoms in total. The lowest BCUT2D eigenvalue weighted by molar-refractivity contribution is 0.407. The van der Waals surface area contributed by atoms with Gasteiger partial charge >= 0.3 is 0 Å². The summed E-state index contributed by atoms with van der Waals surface area (Å²) < 4.78 is 7.08. The Hall–Kier alpha value is -1.88. The highest BCUT2D eigenvalue weighted by atomic mass is 16.5. The van der Waals surface area contributed by atoms with E-state index in [4.69, 9.17) is 10.5 Å². The fourth-order valence-corrected chi connectivity index (χ4v) is 1.71. The van der Waals surface area contributed by atoms with Crippen molar-refractivity contribution in [2.75, 3.05) is 7.11 Å². The van der Waals surface area contributed by atoms with Crippen molar-refractivity contribution in [3.63, 3.8) is 0 Å². The summed E-state index contributed by atoms with van der Waals surface area (Å²) in [7, 11) is 1.67. The summed E-state index contributed by atoms with van der Waals surface area (Å²) in [5.74, 6) is 1.51. The van der Waals surface area contributed by atoms with Crippen molar-refractivity contribution in [3.8, 4) is 5.75 Å². The monoisotopic (exact) mass is 232 g/mol. The third-order valence-electron chi connectivity index (χ3n) is 2.53. The average Bonchev–Trinajstić information content (AvgIpc) is 2.77. The molecular formula is C12H16N4O. The molecule has 0 saturated heterocycles. The minimum atomic E-state index is 0.359. The fraction of sp³-hybridized carbons (Fsp3) is 0.333. The van der Waals surface area contributed by atoms with E-state index in [1.54, 1.807) is 18.1 Å². The normalized spacial score (nSPS) is 10.5. The van der Waals surface area contributed by atoms with Crippen LogP contribution >= 0.6 is 0 Å². The highest BCUT2D eigenvalue weighted by Gasteiger charge is 2.05. The van der Waals surface area contributed by atoms with E-state index in [-0.39, 0.29) is 0 Å². The zero-order valence-electron chi connectivity index (χ0n) is 10.1. The molecule has 90 valence electrons. The van der Waals surface area contributed by atoms with Gasteiger partial charge in [0.15, 0.2) is 5.82 Å². The number of rotatable bonds is 4. The molecule has 0 bridgehead atoms. The number of hydrogen-bond acceptors (Lipinski definition) is 4. The Morgan fingerprint density at radius 2 is 2.24 bits per heavy atom. The van der Waals surface area contributed by atoms with Crippen LogP contribution in [0.4, 0.5) is 0 Å². The van der Waals surface area contributed by atoms with E-state index >= 15 is 0 Å². The summed E-state index contributed by atoms with van der Waals surface area (Å²) in [6, 6.07) is 6.07. The Balaban J connectivity index is 2.25. The Morgan fingerprint density at radius 1 is 1.41 bits per heavy atom. The summed E-state index contributed by atoms with van der Waals surface area (Å²) in [6.07, 6.45) is 1.68. The van der Waals surface area contributed by atoms with E-state index in [2.05, 4.69) is 23.1 Å². The second kappa shape index (κ2) is 4.97. The molecule has 17 heavy (non-hydrogen) atoms. The van der Waals surface area contributed by atoms with E-state index in [0.29, 0.717) is 18.9 Å². The van der Waals surface area contributed by atoms with E-state index < -0.39 is 0 Å². The molecule has 0 radical (unpaired) electrons. The van der Waals surface area contributed by atoms with Gasteiger partial charge in [-0.2, -0.15) is 5.10 Å². The molecule has 1 aromatic carbocycles. The SMILES string of the molecule is COc1ccc(C)cc1Cn1cnc(CN)n1. The van der Waals surface area contributed by atoms with Gasteiger partial charge in [-0.25, -0.2) is 9.67 Å². The van der Waals surface area contributed by atoms with Crippen LogP contribution in [0.5, 0.6) is 5.75 Å². The molecule has 0 amide bonds. The van der Waals surface area contributed by atoms with Crippen molar-refractivity contribution < 1.29 is 4.74 Å². The number of nitrogens with two attached hydrogens (primary N) is 1. The molecule has 0 aliphatic carbocycles. The van der Waals surface area contributed by atoms with Gasteiger partial charge in [-0.05, 0) is 13.0 Å². The third kappa shape index (κ3) is 2.62.